The second-order valence-corrected chi connectivity index (χ2v) is 4.88. The number of hydrogen-bond donors (Lipinski definition) is 1. The summed E-state index contributed by atoms with van der Waals surface area (Å²) in [6, 6.07) is 2.86. The molecule has 0 amide bonds. The van der Waals surface area contributed by atoms with E-state index < -0.39 is 0 Å². The number of ether oxygens (including phenoxy) is 1. The molecule has 0 unspecified atom stereocenters. The first-order valence-electron chi connectivity index (χ1n) is 6.81. The summed E-state index contributed by atoms with van der Waals surface area (Å²) in [7, 11) is 0. The molecule has 0 aromatic carbocycles. The van der Waals surface area contributed by atoms with Crippen LogP contribution in [-0.2, 0) is 17.8 Å². The average molecular weight is 236 g/mol. The van der Waals surface area contributed by atoms with Crippen LogP contribution in [0.15, 0.2) is 18.5 Å². The van der Waals surface area contributed by atoms with Gasteiger partial charge in [0, 0.05) is 38.1 Å². The molecule has 1 N–H and O–H groups in total. The molecule has 1 aromatic heterocycles. The third-order valence-corrected chi connectivity index (χ3v) is 3.39. The van der Waals surface area contributed by atoms with Crippen molar-refractivity contribution in [3.8, 4) is 0 Å². The average Bonchev–Trinajstić information content (AvgIpc) is 2.70. The van der Waals surface area contributed by atoms with Crippen molar-refractivity contribution >= 4 is 0 Å². The van der Waals surface area contributed by atoms with Crippen molar-refractivity contribution in [1.29, 1.82) is 0 Å². The predicted molar refractivity (Wildman–Crippen MR) is 70.0 cm³/mol. The van der Waals surface area contributed by atoms with Crippen LogP contribution in [0, 0.1) is 0 Å². The number of nitrogens with one attached hydrogen (secondary N) is 1. The number of nitrogens with zero attached hydrogens (tertiary/aromatic N) is 1. The monoisotopic (exact) mass is 236 g/mol. The highest BCUT2D eigenvalue weighted by atomic mass is 16.5. The number of aromatic nitrogens is 1. The minimum Gasteiger partial charge on any atom is -0.378 e. The summed E-state index contributed by atoms with van der Waals surface area (Å²) >= 11 is 0. The Morgan fingerprint density at radius 2 is 2.24 bits per heavy atom. The van der Waals surface area contributed by atoms with Gasteiger partial charge in [-0.15, -0.1) is 0 Å². The topological polar surface area (TPSA) is 26.2 Å². The van der Waals surface area contributed by atoms with E-state index in [4.69, 9.17) is 4.74 Å². The highest BCUT2D eigenvalue weighted by Crippen LogP contribution is 2.23. The van der Waals surface area contributed by atoms with E-state index in [0.29, 0.717) is 12.1 Å². The Hall–Kier alpha value is -0.800. The van der Waals surface area contributed by atoms with E-state index in [9.17, 15) is 0 Å². The lowest BCUT2D eigenvalue weighted by Gasteiger charge is -2.35. The second-order valence-electron chi connectivity index (χ2n) is 4.88. The van der Waals surface area contributed by atoms with Crippen LogP contribution in [0.2, 0.25) is 0 Å². The summed E-state index contributed by atoms with van der Waals surface area (Å²) in [6.07, 6.45) is 8.45. The van der Waals surface area contributed by atoms with E-state index in [2.05, 4.69) is 42.2 Å². The molecule has 1 fully saturated rings. The SMILES string of the molecule is CCCn1ccc(CNC2CC(OCC)C2)c1. The molecule has 1 heterocycles. The number of aryl methyl sites for hydroxylation is 1. The first-order chi connectivity index (χ1) is 8.31. The number of hydrogen-bond acceptors (Lipinski definition) is 2. The zero-order valence-corrected chi connectivity index (χ0v) is 11.0. The summed E-state index contributed by atoms with van der Waals surface area (Å²) < 4.78 is 7.82. The van der Waals surface area contributed by atoms with Crippen molar-refractivity contribution in [2.24, 2.45) is 0 Å². The lowest BCUT2D eigenvalue weighted by molar-refractivity contribution is -0.0102. The normalized spacial score (nSPS) is 23.6. The van der Waals surface area contributed by atoms with Crippen LogP contribution < -0.4 is 5.32 Å². The molecule has 3 heteroatoms. The molecule has 1 aliphatic carbocycles. The smallest absolute Gasteiger partial charge is 0.0604 e. The Morgan fingerprint density at radius 1 is 1.41 bits per heavy atom. The van der Waals surface area contributed by atoms with Crippen LogP contribution in [0.25, 0.3) is 0 Å². The first-order valence-corrected chi connectivity index (χ1v) is 6.81. The van der Waals surface area contributed by atoms with E-state index >= 15 is 0 Å². The Labute approximate surface area is 104 Å². The molecular weight excluding hydrogens is 212 g/mol. The quantitative estimate of drug-likeness (QED) is 0.787. The van der Waals surface area contributed by atoms with Crippen LogP contribution in [0.3, 0.4) is 0 Å². The maximum atomic E-state index is 5.55. The van der Waals surface area contributed by atoms with E-state index in [1.807, 2.05) is 0 Å². The molecular formula is C14H24N2O. The van der Waals surface area contributed by atoms with Gasteiger partial charge < -0.3 is 14.6 Å². The molecule has 0 aliphatic heterocycles. The Kier molecular flexibility index (Phi) is 4.63. The molecule has 0 saturated heterocycles. The zero-order valence-electron chi connectivity index (χ0n) is 11.0. The minimum atomic E-state index is 0.502. The number of rotatable bonds is 7. The van der Waals surface area contributed by atoms with Crippen molar-refractivity contribution in [2.45, 2.75) is 58.3 Å². The summed E-state index contributed by atoms with van der Waals surface area (Å²) in [4.78, 5) is 0. The largest absolute Gasteiger partial charge is 0.378 e. The Morgan fingerprint density at radius 3 is 2.94 bits per heavy atom. The van der Waals surface area contributed by atoms with Gasteiger partial charge in [0.2, 0.25) is 0 Å². The fraction of sp³-hybridized carbons (Fsp3) is 0.714. The molecule has 1 saturated carbocycles. The fourth-order valence-electron chi connectivity index (χ4n) is 2.36. The molecule has 0 atom stereocenters. The zero-order chi connectivity index (χ0) is 12.1. The van der Waals surface area contributed by atoms with Gasteiger partial charge in [-0.1, -0.05) is 6.92 Å². The molecule has 0 bridgehead atoms. The highest BCUT2D eigenvalue weighted by Gasteiger charge is 2.28. The molecule has 96 valence electrons. The van der Waals surface area contributed by atoms with Crippen molar-refractivity contribution in [2.75, 3.05) is 6.61 Å². The summed E-state index contributed by atoms with van der Waals surface area (Å²) in [5.74, 6) is 0. The van der Waals surface area contributed by atoms with E-state index in [-0.39, 0.29) is 0 Å². The molecule has 0 spiro atoms. The van der Waals surface area contributed by atoms with Gasteiger partial charge in [0.1, 0.15) is 0 Å². The van der Waals surface area contributed by atoms with Gasteiger partial charge >= 0.3 is 0 Å². The lowest BCUT2D eigenvalue weighted by atomic mass is 9.89. The maximum absolute atomic E-state index is 5.55. The van der Waals surface area contributed by atoms with Gasteiger partial charge in [-0.3, -0.25) is 0 Å². The van der Waals surface area contributed by atoms with Crippen LogP contribution in [-0.4, -0.2) is 23.3 Å². The lowest BCUT2D eigenvalue weighted by Crippen LogP contribution is -2.45. The Balaban J connectivity index is 1.65. The third-order valence-electron chi connectivity index (χ3n) is 3.39. The highest BCUT2D eigenvalue weighted by molar-refractivity contribution is 5.10. The van der Waals surface area contributed by atoms with Crippen molar-refractivity contribution in [3.63, 3.8) is 0 Å². The van der Waals surface area contributed by atoms with Gasteiger partial charge in [0.05, 0.1) is 6.10 Å². The second kappa shape index (κ2) is 6.22. The molecule has 2 rings (SSSR count). The van der Waals surface area contributed by atoms with E-state index in [1.165, 1.54) is 24.8 Å². The molecule has 1 aromatic rings. The third kappa shape index (κ3) is 3.58. The van der Waals surface area contributed by atoms with Gasteiger partial charge in [-0.25, -0.2) is 0 Å². The van der Waals surface area contributed by atoms with Crippen molar-refractivity contribution in [3.05, 3.63) is 24.0 Å². The molecule has 3 nitrogen and oxygen atoms in total. The predicted octanol–water partition coefficient (Wildman–Crippen LogP) is 2.56. The maximum Gasteiger partial charge on any atom is 0.0604 e. The summed E-state index contributed by atoms with van der Waals surface area (Å²) in [5.41, 5.74) is 1.39. The molecule has 1 aliphatic rings. The van der Waals surface area contributed by atoms with Crippen LogP contribution in [0.1, 0.15) is 38.7 Å². The standard InChI is InChI=1S/C14H24N2O/c1-3-6-16-7-5-12(11-16)10-15-13-8-14(9-13)17-4-2/h5,7,11,13-15H,3-4,6,8-10H2,1-2H3. The van der Waals surface area contributed by atoms with Gasteiger partial charge in [0.25, 0.3) is 0 Å². The van der Waals surface area contributed by atoms with Crippen LogP contribution in [0.5, 0.6) is 0 Å². The Bertz CT molecular complexity index is 329. The van der Waals surface area contributed by atoms with Gasteiger partial charge in [-0.2, -0.15) is 0 Å². The van der Waals surface area contributed by atoms with E-state index in [1.54, 1.807) is 0 Å². The summed E-state index contributed by atoms with van der Waals surface area (Å²) in [5, 5.41) is 3.59. The first kappa shape index (κ1) is 12.7. The van der Waals surface area contributed by atoms with E-state index in [0.717, 1.165) is 19.7 Å². The van der Waals surface area contributed by atoms with Gasteiger partial charge in [-0.05, 0) is 37.8 Å². The van der Waals surface area contributed by atoms with Gasteiger partial charge in [0.15, 0.2) is 0 Å². The van der Waals surface area contributed by atoms with Crippen LogP contribution >= 0.6 is 0 Å². The fourth-order valence-corrected chi connectivity index (χ4v) is 2.36. The van der Waals surface area contributed by atoms with Crippen molar-refractivity contribution < 1.29 is 4.74 Å². The minimum absolute atomic E-state index is 0.502. The molecule has 17 heavy (non-hydrogen) atoms. The summed E-state index contributed by atoms with van der Waals surface area (Å²) in [6.45, 7) is 7.23. The van der Waals surface area contributed by atoms with Crippen LogP contribution in [0.4, 0.5) is 0 Å². The molecule has 0 radical (unpaired) electrons. The van der Waals surface area contributed by atoms with Crippen molar-refractivity contribution in [1.82, 2.24) is 9.88 Å².